The number of carbonyl (C=O) groups excluding carboxylic acids is 1. The van der Waals surface area contributed by atoms with Crippen LogP contribution in [-0.4, -0.2) is 11.0 Å². The van der Waals surface area contributed by atoms with Crippen molar-refractivity contribution in [3.05, 3.63) is 63.7 Å². The van der Waals surface area contributed by atoms with Gasteiger partial charge < -0.3 is 10.4 Å². The molecule has 1 atom stereocenters. The Hall–Kier alpha value is -1.98. The maximum absolute atomic E-state index is 13.7. The Balaban J connectivity index is 2.04. The Morgan fingerprint density at radius 3 is 2.67 bits per heavy atom. The van der Waals surface area contributed by atoms with E-state index in [0.717, 1.165) is 6.07 Å². The lowest BCUT2D eigenvalue weighted by Crippen LogP contribution is -2.04. The molecule has 0 bridgehead atoms. The lowest BCUT2D eigenvalue weighted by molar-refractivity contribution is -0.115. The fourth-order valence-corrected chi connectivity index (χ4v) is 2.63. The third-order valence-corrected chi connectivity index (χ3v) is 3.73. The summed E-state index contributed by atoms with van der Waals surface area (Å²) in [6.07, 6.45) is -1.16. The van der Waals surface area contributed by atoms with Crippen molar-refractivity contribution in [2.45, 2.75) is 12.5 Å². The zero-order valence-corrected chi connectivity index (χ0v) is 11.4. The number of hydrogen-bond acceptors (Lipinski definition) is 2. The molecular weight excluding hydrogens is 300 g/mol. The van der Waals surface area contributed by atoms with E-state index in [9.17, 15) is 18.7 Å². The lowest BCUT2D eigenvalue weighted by Gasteiger charge is -2.15. The first kappa shape index (κ1) is 14.0. The number of carbonyl (C=O) groups is 1. The van der Waals surface area contributed by atoms with Gasteiger partial charge in [0.1, 0.15) is 17.7 Å². The van der Waals surface area contributed by atoms with Gasteiger partial charge in [0, 0.05) is 27.9 Å². The number of fused-ring (bicyclic) bond motifs is 1. The summed E-state index contributed by atoms with van der Waals surface area (Å²) in [7, 11) is 0. The zero-order valence-electron chi connectivity index (χ0n) is 10.7. The quantitative estimate of drug-likeness (QED) is 0.895. The molecule has 0 saturated heterocycles. The molecule has 1 aliphatic heterocycles. The second kappa shape index (κ2) is 5.09. The van der Waals surface area contributed by atoms with Gasteiger partial charge in [0.2, 0.25) is 5.91 Å². The van der Waals surface area contributed by atoms with E-state index >= 15 is 0 Å². The van der Waals surface area contributed by atoms with Crippen molar-refractivity contribution in [1.82, 2.24) is 0 Å². The van der Waals surface area contributed by atoms with Crippen LogP contribution < -0.4 is 5.32 Å². The Labute approximate surface area is 124 Å². The van der Waals surface area contributed by atoms with Gasteiger partial charge in [-0.05, 0) is 23.8 Å². The van der Waals surface area contributed by atoms with Crippen molar-refractivity contribution >= 4 is 23.2 Å². The van der Waals surface area contributed by atoms with E-state index < -0.39 is 17.7 Å². The molecule has 2 aromatic rings. The Kier molecular flexibility index (Phi) is 3.39. The molecule has 1 amide bonds. The van der Waals surface area contributed by atoms with Crippen molar-refractivity contribution in [3.63, 3.8) is 0 Å². The molecule has 2 N–H and O–H groups in total. The highest BCUT2D eigenvalue weighted by Crippen LogP contribution is 2.35. The minimum absolute atomic E-state index is 0.0736. The average molecular weight is 310 g/mol. The Morgan fingerprint density at radius 1 is 1.19 bits per heavy atom. The SMILES string of the molecule is O=C1Cc2cc(C(O)c3ccc(F)cc3F)c(Cl)cc2N1. The summed E-state index contributed by atoms with van der Waals surface area (Å²) < 4.78 is 26.7. The van der Waals surface area contributed by atoms with Gasteiger partial charge in [-0.25, -0.2) is 8.78 Å². The number of anilines is 1. The molecule has 0 radical (unpaired) electrons. The minimum atomic E-state index is -1.33. The van der Waals surface area contributed by atoms with E-state index in [4.69, 9.17) is 11.6 Å². The van der Waals surface area contributed by atoms with Crippen LogP contribution in [-0.2, 0) is 11.2 Å². The zero-order chi connectivity index (χ0) is 15.1. The van der Waals surface area contributed by atoms with E-state index in [1.165, 1.54) is 12.1 Å². The molecule has 0 fully saturated rings. The Bertz CT molecular complexity index is 749. The van der Waals surface area contributed by atoms with Gasteiger partial charge in [-0.15, -0.1) is 0 Å². The summed E-state index contributed by atoms with van der Waals surface area (Å²) in [5, 5.41) is 13.1. The molecule has 0 saturated carbocycles. The molecule has 1 unspecified atom stereocenters. The lowest BCUT2D eigenvalue weighted by atomic mass is 9.98. The smallest absolute Gasteiger partial charge is 0.228 e. The molecule has 0 aliphatic carbocycles. The van der Waals surface area contributed by atoms with Gasteiger partial charge in [-0.2, -0.15) is 0 Å². The molecule has 3 nitrogen and oxygen atoms in total. The number of halogens is 3. The number of aliphatic hydroxyl groups excluding tert-OH is 1. The summed E-state index contributed by atoms with van der Waals surface area (Å²) in [6, 6.07) is 6.01. The number of aliphatic hydroxyl groups is 1. The highest BCUT2D eigenvalue weighted by Gasteiger charge is 2.24. The topological polar surface area (TPSA) is 49.3 Å². The van der Waals surface area contributed by atoms with Crippen LogP contribution in [0.25, 0.3) is 0 Å². The van der Waals surface area contributed by atoms with Crippen LogP contribution in [0.4, 0.5) is 14.5 Å². The van der Waals surface area contributed by atoms with E-state index in [1.807, 2.05) is 0 Å². The summed E-state index contributed by atoms with van der Waals surface area (Å²) in [5.41, 5.74) is 1.47. The normalized spacial score (nSPS) is 14.8. The van der Waals surface area contributed by atoms with Crippen LogP contribution in [0.2, 0.25) is 5.02 Å². The largest absolute Gasteiger partial charge is 0.383 e. The summed E-state index contributed by atoms with van der Waals surface area (Å²) in [4.78, 5) is 11.3. The summed E-state index contributed by atoms with van der Waals surface area (Å²) in [6.45, 7) is 0. The van der Waals surface area contributed by atoms with E-state index in [1.54, 1.807) is 6.07 Å². The van der Waals surface area contributed by atoms with Gasteiger partial charge in [0.25, 0.3) is 0 Å². The van der Waals surface area contributed by atoms with Gasteiger partial charge in [0.05, 0.1) is 6.42 Å². The molecule has 0 spiro atoms. The fraction of sp³-hybridized carbons (Fsp3) is 0.133. The average Bonchev–Trinajstić information content (AvgIpc) is 2.76. The molecule has 1 aliphatic rings. The first-order valence-electron chi connectivity index (χ1n) is 6.21. The third kappa shape index (κ3) is 2.50. The molecular formula is C15H10ClF2NO2. The predicted molar refractivity (Wildman–Crippen MR) is 74.2 cm³/mol. The minimum Gasteiger partial charge on any atom is -0.383 e. The maximum atomic E-state index is 13.7. The maximum Gasteiger partial charge on any atom is 0.228 e. The molecule has 21 heavy (non-hydrogen) atoms. The van der Waals surface area contributed by atoms with Crippen LogP contribution in [0.1, 0.15) is 22.8 Å². The molecule has 1 heterocycles. The van der Waals surface area contributed by atoms with Crippen molar-refractivity contribution in [1.29, 1.82) is 0 Å². The first-order valence-corrected chi connectivity index (χ1v) is 6.58. The van der Waals surface area contributed by atoms with E-state index in [0.29, 0.717) is 17.3 Å². The van der Waals surface area contributed by atoms with Gasteiger partial charge in [-0.1, -0.05) is 17.7 Å². The monoisotopic (exact) mass is 309 g/mol. The van der Waals surface area contributed by atoms with Gasteiger partial charge >= 0.3 is 0 Å². The molecule has 2 aromatic carbocycles. The van der Waals surface area contributed by atoms with Gasteiger partial charge in [-0.3, -0.25) is 4.79 Å². The van der Waals surface area contributed by atoms with Crippen LogP contribution >= 0.6 is 11.6 Å². The number of benzene rings is 2. The second-order valence-electron chi connectivity index (χ2n) is 4.82. The highest BCUT2D eigenvalue weighted by atomic mass is 35.5. The standard InChI is InChI=1S/C15H10ClF2NO2/c16-11-6-13-7(4-14(20)19-13)3-10(11)15(21)9-2-1-8(17)5-12(9)18/h1-3,5-6,15,21H,4H2,(H,19,20). The second-order valence-corrected chi connectivity index (χ2v) is 5.23. The summed E-state index contributed by atoms with van der Waals surface area (Å²) >= 11 is 6.08. The van der Waals surface area contributed by atoms with Crippen molar-refractivity contribution in [2.24, 2.45) is 0 Å². The van der Waals surface area contributed by atoms with Crippen molar-refractivity contribution in [2.75, 3.05) is 5.32 Å². The highest BCUT2D eigenvalue weighted by molar-refractivity contribution is 6.32. The number of rotatable bonds is 2. The number of nitrogens with one attached hydrogen (secondary N) is 1. The number of amides is 1. The molecule has 3 rings (SSSR count). The van der Waals surface area contributed by atoms with E-state index in [2.05, 4.69) is 5.32 Å². The van der Waals surface area contributed by atoms with Crippen LogP contribution in [0, 0.1) is 11.6 Å². The van der Waals surface area contributed by atoms with E-state index in [-0.39, 0.29) is 28.5 Å². The molecule has 108 valence electrons. The molecule has 0 aromatic heterocycles. The van der Waals surface area contributed by atoms with Crippen molar-refractivity contribution < 1.29 is 18.7 Å². The summed E-state index contributed by atoms with van der Waals surface area (Å²) in [5.74, 6) is -1.74. The number of hydrogen-bond donors (Lipinski definition) is 2. The third-order valence-electron chi connectivity index (χ3n) is 3.40. The fourth-order valence-electron chi connectivity index (χ4n) is 2.37. The molecule has 6 heteroatoms. The Morgan fingerprint density at radius 2 is 1.95 bits per heavy atom. The predicted octanol–water partition coefficient (Wildman–Crippen LogP) is 3.19. The van der Waals surface area contributed by atoms with Crippen LogP contribution in [0.15, 0.2) is 30.3 Å². The van der Waals surface area contributed by atoms with Crippen LogP contribution in [0.3, 0.4) is 0 Å². The van der Waals surface area contributed by atoms with Gasteiger partial charge in [0.15, 0.2) is 0 Å². The first-order chi connectivity index (χ1) is 9.95. The van der Waals surface area contributed by atoms with Crippen molar-refractivity contribution in [3.8, 4) is 0 Å². The van der Waals surface area contributed by atoms with Crippen LogP contribution in [0.5, 0.6) is 0 Å².